The molecular weight excluding hydrogens is 226 g/mol. The lowest BCUT2D eigenvalue weighted by atomic mass is 9.97. The van der Waals surface area contributed by atoms with Crippen LogP contribution in [0.25, 0.3) is 0 Å². The highest BCUT2D eigenvalue weighted by Crippen LogP contribution is 2.24. The number of carbonyl (C=O) groups is 1. The first-order chi connectivity index (χ1) is 8.72. The molecule has 3 fully saturated rings. The number of nitrogens with one attached hydrogen (secondary N) is 1. The van der Waals surface area contributed by atoms with E-state index in [0.29, 0.717) is 11.9 Å². The van der Waals surface area contributed by atoms with Gasteiger partial charge >= 0.3 is 0 Å². The van der Waals surface area contributed by atoms with Gasteiger partial charge in [-0.25, -0.2) is 0 Å². The number of likely N-dealkylation sites (tertiary alicyclic amines) is 2. The fourth-order valence-corrected chi connectivity index (χ4v) is 3.17. The van der Waals surface area contributed by atoms with Crippen LogP contribution in [-0.4, -0.2) is 61.0 Å². The van der Waals surface area contributed by atoms with E-state index in [1.54, 1.807) is 0 Å². The minimum absolute atomic E-state index is 0.128. The van der Waals surface area contributed by atoms with Crippen LogP contribution in [0.1, 0.15) is 32.1 Å². The number of carbonyl (C=O) groups excluding carboxylic acids is 1. The monoisotopic (exact) mass is 251 g/mol. The molecule has 1 unspecified atom stereocenters. The topological polar surface area (TPSA) is 35.6 Å². The second-order valence-corrected chi connectivity index (χ2v) is 6.31. The molecule has 0 aromatic carbocycles. The molecule has 1 amide bonds. The Bertz CT molecular complexity index is 308. The van der Waals surface area contributed by atoms with Crippen molar-refractivity contribution in [2.45, 2.75) is 44.2 Å². The zero-order valence-electron chi connectivity index (χ0n) is 11.4. The summed E-state index contributed by atoms with van der Waals surface area (Å²) in [6.07, 6.45) is 6.04. The number of hydrogen-bond acceptors (Lipinski definition) is 3. The maximum atomic E-state index is 12.3. The summed E-state index contributed by atoms with van der Waals surface area (Å²) < 4.78 is 0. The molecule has 2 saturated heterocycles. The molecule has 1 N–H and O–H groups in total. The zero-order valence-corrected chi connectivity index (χ0v) is 11.4. The Kier molecular flexibility index (Phi) is 3.57. The van der Waals surface area contributed by atoms with E-state index >= 15 is 0 Å². The van der Waals surface area contributed by atoms with Gasteiger partial charge in [0, 0.05) is 19.1 Å². The molecule has 4 heteroatoms. The Hall–Kier alpha value is -0.610. The van der Waals surface area contributed by atoms with Gasteiger partial charge < -0.3 is 15.1 Å². The molecule has 1 atom stereocenters. The summed E-state index contributed by atoms with van der Waals surface area (Å²) in [5.74, 6) is 1.09. The molecule has 18 heavy (non-hydrogen) atoms. The van der Waals surface area contributed by atoms with E-state index in [4.69, 9.17) is 0 Å². The summed E-state index contributed by atoms with van der Waals surface area (Å²) in [7, 11) is 2.19. The third kappa shape index (κ3) is 2.86. The first-order valence-electron chi connectivity index (χ1n) is 7.46. The van der Waals surface area contributed by atoms with Crippen molar-refractivity contribution < 1.29 is 4.79 Å². The standard InChI is InChI=1S/C14H25N3O/c1-16-7-4-11(5-8-16)10-17-9-6-13(14(17)18)15-12-2-3-12/h11-13,15H,2-10H2,1H3. The Morgan fingerprint density at radius 2 is 1.83 bits per heavy atom. The first-order valence-corrected chi connectivity index (χ1v) is 7.46. The highest BCUT2D eigenvalue weighted by Gasteiger charge is 2.36. The number of amides is 1. The molecule has 0 spiro atoms. The van der Waals surface area contributed by atoms with Crippen LogP contribution in [0.3, 0.4) is 0 Å². The fourth-order valence-electron chi connectivity index (χ4n) is 3.17. The van der Waals surface area contributed by atoms with Gasteiger partial charge in [-0.15, -0.1) is 0 Å². The molecule has 4 nitrogen and oxygen atoms in total. The van der Waals surface area contributed by atoms with Crippen molar-refractivity contribution in [2.75, 3.05) is 33.2 Å². The van der Waals surface area contributed by atoms with Crippen LogP contribution in [0.15, 0.2) is 0 Å². The van der Waals surface area contributed by atoms with Crippen molar-refractivity contribution in [1.29, 1.82) is 0 Å². The first kappa shape index (κ1) is 12.4. The smallest absolute Gasteiger partial charge is 0.239 e. The van der Waals surface area contributed by atoms with Crippen LogP contribution in [0.5, 0.6) is 0 Å². The van der Waals surface area contributed by atoms with E-state index in [-0.39, 0.29) is 6.04 Å². The molecule has 3 aliphatic rings. The second kappa shape index (κ2) is 5.17. The van der Waals surface area contributed by atoms with Gasteiger partial charge in [-0.1, -0.05) is 0 Å². The van der Waals surface area contributed by atoms with Crippen molar-refractivity contribution in [3.8, 4) is 0 Å². The lowest BCUT2D eigenvalue weighted by molar-refractivity contribution is -0.130. The van der Waals surface area contributed by atoms with E-state index < -0.39 is 0 Å². The van der Waals surface area contributed by atoms with E-state index in [9.17, 15) is 4.79 Å². The average molecular weight is 251 g/mol. The van der Waals surface area contributed by atoms with Crippen LogP contribution < -0.4 is 5.32 Å². The van der Waals surface area contributed by atoms with Crippen LogP contribution >= 0.6 is 0 Å². The minimum atomic E-state index is 0.128. The van der Waals surface area contributed by atoms with Gasteiger partial charge in [-0.2, -0.15) is 0 Å². The second-order valence-electron chi connectivity index (χ2n) is 6.31. The Balaban J connectivity index is 1.46. The fraction of sp³-hybridized carbons (Fsp3) is 0.929. The third-order valence-corrected chi connectivity index (χ3v) is 4.63. The summed E-state index contributed by atoms with van der Waals surface area (Å²) in [4.78, 5) is 16.8. The van der Waals surface area contributed by atoms with Crippen molar-refractivity contribution >= 4 is 5.91 Å². The van der Waals surface area contributed by atoms with Crippen molar-refractivity contribution in [2.24, 2.45) is 5.92 Å². The van der Waals surface area contributed by atoms with Crippen molar-refractivity contribution in [3.05, 3.63) is 0 Å². The zero-order chi connectivity index (χ0) is 12.5. The molecule has 2 aliphatic heterocycles. The largest absolute Gasteiger partial charge is 0.341 e. The molecule has 0 radical (unpaired) electrons. The predicted molar refractivity (Wildman–Crippen MR) is 71.4 cm³/mol. The maximum absolute atomic E-state index is 12.3. The molecule has 0 aromatic heterocycles. The van der Waals surface area contributed by atoms with Gasteiger partial charge in [0.25, 0.3) is 0 Å². The summed E-state index contributed by atoms with van der Waals surface area (Å²) >= 11 is 0. The highest BCUT2D eigenvalue weighted by atomic mass is 16.2. The number of hydrogen-bond donors (Lipinski definition) is 1. The normalized spacial score (nSPS) is 31.3. The molecular formula is C14H25N3O. The van der Waals surface area contributed by atoms with Gasteiger partial charge in [-0.05, 0) is 58.2 Å². The van der Waals surface area contributed by atoms with Crippen LogP contribution in [0.4, 0.5) is 0 Å². The molecule has 0 aromatic rings. The lowest BCUT2D eigenvalue weighted by Crippen LogP contribution is -2.42. The lowest BCUT2D eigenvalue weighted by Gasteiger charge is -2.31. The van der Waals surface area contributed by atoms with Gasteiger partial charge in [0.1, 0.15) is 0 Å². The Morgan fingerprint density at radius 3 is 2.50 bits per heavy atom. The molecule has 102 valence electrons. The van der Waals surface area contributed by atoms with E-state index in [2.05, 4.69) is 22.2 Å². The van der Waals surface area contributed by atoms with Crippen molar-refractivity contribution in [3.63, 3.8) is 0 Å². The summed E-state index contributed by atoms with van der Waals surface area (Å²) in [6, 6.07) is 0.769. The Morgan fingerprint density at radius 1 is 1.11 bits per heavy atom. The quantitative estimate of drug-likeness (QED) is 0.798. The SMILES string of the molecule is CN1CCC(CN2CCC(NC3CC3)C2=O)CC1. The minimum Gasteiger partial charge on any atom is -0.341 e. The number of piperidine rings is 1. The third-order valence-electron chi connectivity index (χ3n) is 4.63. The summed E-state index contributed by atoms with van der Waals surface area (Å²) in [5, 5.41) is 3.48. The van der Waals surface area contributed by atoms with Crippen LogP contribution in [0.2, 0.25) is 0 Å². The molecule has 3 rings (SSSR count). The summed E-state index contributed by atoms with van der Waals surface area (Å²) in [6.45, 7) is 4.35. The Labute approximate surface area is 110 Å². The molecule has 2 heterocycles. The average Bonchev–Trinajstić information content (AvgIpc) is 3.12. The predicted octanol–water partition coefficient (Wildman–Crippen LogP) is 0.681. The van der Waals surface area contributed by atoms with Crippen LogP contribution in [-0.2, 0) is 4.79 Å². The van der Waals surface area contributed by atoms with Gasteiger partial charge in [0.05, 0.1) is 6.04 Å². The number of nitrogens with zero attached hydrogens (tertiary/aromatic N) is 2. The van der Waals surface area contributed by atoms with E-state index in [1.807, 2.05) is 0 Å². The summed E-state index contributed by atoms with van der Waals surface area (Å²) in [5.41, 5.74) is 0. The van der Waals surface area contributed by atoms with Gasteiger partial charge in [0.2, 0.25) is 5.91 Å². The maximum Gasteiger partial charge on any atom is 0.239 e. The van der Waals surface area contributed by atoms with Gasteiger partial charge in [0.15, 0.2) is 0 Å². The van der Waals surface area contributed by atoms with Crippen LogP contribution in [0, 0.1) is 5.92 Å². The van der Waals surface area contributed by atoms with Crippen molar-refractivity contribution in [1.82, 2.24) is 15.1 Å². The highest BCUT2D eigenvalue weighted by molar-refractivity contribution is 5.84. The molecule has 1 aliphatic carbocycles. The molecule has 1 saturated carbocycles. The van der Waals surface area contributed by atoms with Gasteiger partial charge in [-0.3, -0.25) is 4.79 Å². The van der Waals surface area contributed by atoms with E-state index in [0.717, 1.165) is 25.4 Å². The number of rotatable bonds is 4. The van der Waals surface area contributed by atoms with E-state index in [1.165, 1.54) is 38.8 Å². The molecule has 0 bridgehead atoms.